The Morgan fingerprint density at radius 1 is 0.700 bits per heavy atom. The normalized spacial score (nSPS) is 23.6. The van der Waals surface area contributed by atoms with E-state index in [-0.39, 0.29) is 0 Å². The highest BCUT2D eigenvalue weighted by Crippen LogP contribution is 2.45. The second-order valence-electron chi connectivity index (χ2n) is 5.69. The Morgan fingerprint density at radius 2 is 1.15 bits per heavy atom. The van der Waals surface area contributed by atoms with Gasteiger partial charge in [0.1, 0.15) is 0 Å². The van der Waals surface area contributed by atoms with Gasteiger partial charge in [-0.15, -0.1) is 0 Å². The summed E-state index contributed by atoms with van der Waals surface area (Å²) in [5.74, 6) is 1.19. The third-order valence-electron chi connectivity index (χ3n) is 4.60. The Balaban J connectivity index is 1.69. The van der Waals surface area contributed by atoms with Gasteiger partial charge in [-0.25, -0.2) is 0 Å². The number of fused-ring (bicyclic) bond motifs is 2. The molecule has 4 rings (SSSR count). The van der Waals surface area contributed by atoms with Crippen LogP contribution in [-0.4, -0.2) is 0 Å². The Labute approximate surface area is 120 Å². The SMILES string of the molecule is [CH2]C(C1C=Cc2ccccc21)C1C=Cc2ccccc21. The average molecular weight is 257 g/mol. The van der Waals surface area contributed by atoms with E-state index in [4.69, 9.17) is 0 Å². The van der Waals surface area contributed by atoms with E-state index in [0.717, 1.165) is 0 Å². The maximum Gasteiger partial charge on any atom is 0.00643 e. The van der Waals surface area contributed by atoms with Crippen LogP contribution in [0.4, 0.5) is 0 Å². The lowest BCUT2D eigenvalue weighted by molar-refractivity contribution is 0.533. The molecular formula is C20H17. The van der Waals surface area contributed by atoms with Crippen molar-refractivity contribution in [1.29, 1.82) is 0 Å². The van der Waals surface area contributed by atoms with E-state index in [2.05, 4.69) is 79.8 Å². The molecule has 0 aliphatic heterocycles. The van der Waals surface area contributed by atoms with Crippen LogP contribution in [0.3, 0.4) is 0 Å². The maximum absolute atomic E-state index is 4.50. The third-order valence-corrected chi connectivity index (χ3v) is 4.60. The van der Waals surface area contributed by atoms with Crippen molar-refractivity contribution in [3.05, 3.63) is 89.9 Å². The Bertz CT molecular complexity index is 644. The Hall–Kier alpha value is -2.08. The van der Waals surface area contributed by atoms with Crippen LogP contribution in [0, 0.1) is 12.8 Å². The molecule has 97 valence electrons. The minimum atomic E-state index is 0.342. The van der Waals surface area contributed by atoms with Crippen LogP contribution < -0.4 is 0 Å². The van der Waals surface area contributed by atoms with Crippen LogP contribution in [0.1, 0.15) is 34.1 Å². The summed E-state index contributed by atoms with van der Waals surface area (Å²) < 4.78 is 0. The monoisotopic (exact) mass is 257 g/mol. The van der Waals surface area contributed by atoms with E-state index in [0.29, 0.717) is 17.8 Å². The van der Waals surface area contributed by atoms with Gasteiger partial charge in [-0.3, -0.25) is 0 Å². The summed E-state index contributed by atoms with van der Waals surface area (Å²) >= 11 is 0. The van der Waals surface area contributed by atoms with E-state index in [1.165, 1.54) is 22.3 Å². The van der Waals surface area contributed by atoms with E-state index in [1.54, 1.807) is 0 Å². The molecule has 2 aromatic carbocycles. The van der Waals surface area contributed by atoms with Crippen LogP contribution in [0.2, 0.25) is 0 Å². The quantitative estimate of drug-likeness (QED) is 0.705. The third kappa shape index (κ3) is 1.68. The summed E-state index contributed by atoms with van der Waals surface area (Å²) in [6, 6.07) is 17.3. The lowest BCUT2D eigenvalue weighted by atomic mass is 9.78. The smallest absolute Gasteiger partial charge is 0.00643 e. The molecule has 0 heteroatoms. The van der Waals surface area contributed by atoms with Crippen molar-refractivity contribution < 1.29 is 0 Å². The van der Waals surface area contributed by atoms with Crippen molar-refractivity contribution in [1.82, 2.24) is 0 Å². The second kappa shape index (κ2) is 4.49. The number of rotatable bonds is 2. The lowest BCUT2D eigenvalue weighted by Crippen LogP contribution is -2.14. The topological polar surface area (TPSA) is 0 Å². The highest BCUT2D eigenvalue weighted by atomic mass is 14.3. The molecule has 2 unspecified atom stereocenters. The highest BCUT2D eigenvalue weighted by Gasteiger charge is 2.31. The molecule has 0 spiro atoms. The van der Waals surface area contributed by atoms with Gasteiger partial charge in [-0.1, -0.05) is 72.8 Å². The predicted octanol–water partition coefficient (Wildman–Crippen LogP) is 5.06. The fourth-order valence-electron chi connectivity index (χ4n) is 3.52. The van der Waals surface area contributed by atoms with Crippen LogP contribution in [0.25, 0.3) is 12.2 Å². The molecule has 0 saturated carbocycles. The van der Waals surface area contributed by atoms with Crippen molar-refractivity contribution in [2.24, 2.45) is 5.92 Å². The molecule has 0 nitrogen and oxygen atoms in total. The van der Waals surface area contributed by atoms with Crippen LogP contribution in [0.15, 0.2) is 60.7 Å². The van der Waals surface area contributed by atoms with Gasteiger partial charge in [0.15, 0.2) is 0 Å². The van der Waals surface area contributed by atoms with Gasteiger partial charge in [0.25, 0.3) is 0 Å². The Kier molecular flexibility index (Phi) is 2.63. The zero-order valence-electron chi connectivity index (χ0n) is 11.4. The van der Waals surface area contributed by atoms with Crippen molar-refractivity contribution >= 4 is 12.2 Å². The van der Waals surface area contributed by atoms with E-state index in [9.17, 15) is 0 Å². The maximum atomic E-state index is 4.50. The van der Waals surface area contributed by atoms with Crippen LogP contribution >= 0.6 is 0 Å². The largest absolute Gasteiger partial charge is 0.0761 e. The van der Waals surface area contributed by atoms with Crippen molar-refractivity contribution in [2.45, 2.75) is 11.8 Å². The molecule has 20 heavy (non-hydrogen) atoms. The summed E-state index contributed by atoms with van der Waals surface area (Å²) in [7, 11) is 0. The summed E-state index contributed by atoms with van der Waals surface area (Å²) in [5.41, 5.74) is 5.54. The van der Waals surface area contributed by atoms with Crippen molar-refractivity contribution in [3.8, 4) is 0 Å². The first kappa shape index (κ1) is 11.7. The summed E-state index contributed by atoms with van der Waals surface area (Å²) in [5, 5.41) is 0. The zero-order chi connectivity index (χ0) is 13.5. The fourth-order valence-corrected chi connectivity index (χ4v) is 3.52. The molecule has 2 aromatic rings. The van der Waals surface area contributed by atoms with E-state index in [1.807, 2.05) is 0 Å². The summed E-state index contributed by atoms with van der Waals surface area (Å²) in [6.45, 7) is 4.50. The molecule has 0 fully saturated rings. The zero-order valence-corrected chi connectivity index (χ0v) is 11.4. The van der Waals surface area contributed by atoms with Gasteiger partial charge in [0.05, 0.1) is 0 Å². The van der Waals surface area contributed by atoms with Gasteiger partial charge in [-0.2, -0.15) is 0 Å². The first-order valence-corrected chi connectivity index (χ1v) is 7.22. The van der Waals surface area contributed by atoms with Gasteiger partial charge in [0, 0.05) is 11.8 Å². The molecule has 2 aliphatic rings. The highest BCUT2D eigenvalue weighted by molar-refractivity contribution is 5.65. The van der Waals surface area contributed by atoms with Crippen LogP contribution in [-0.2, 0) is 0 Å². The number of benzene rings is 2. The minimum Gasteiger partial charge on any atom is -0.0761 e. The molecule has 0 aromatic heterocycles. The lowest BCUT2D eigenvalue weighted by Gasteiger charge is -2.25. The fraction of sp³-hybridized carbons (Fsp3) is 0.150. The first-order chi connectivity index (χ1) is 9.84. The average Bonchev–Trinajstić information content (AvgIpc) is 3.11. The second-order valence-corrected chi connectivity index (χ2v) is 5.69. The minimum absolute atomic E-state index is 0.342. The standard InChI is InChI=1S/C20H17/c1-14(17-12-10-15-6-2-4-8-19(15)17)18-13-11-16-7-3-5-9-20(16)18/h2-14,17-18H,1H2. The van der Waals surface area contributed by atoms with Gasteiger partial charge < -0.3 is 0 Å². The Morgan fingerprint density at radius 3 is 1.65 bits per heavy atom. The van der Waals surface area contributed by atoms with Crippen LogP contribution in [0.5, 0.6) is 0 Å². The molecule has 0 amide bonds. The van der Waals surface area contributed by atoms with Gasteiger partial charge in [-0.05, 0) is 35.1 Å². The first-order valence-electron chi connectivity index (χ1n) is 7.22. The van der Waals surface area contributed by atoms with E-state index < -0.39 is 0 Å². The number of allylic oxidation sites excluding steroid dienone is 2. The molecule has 0 N–H and O–H groups in total. The van der Waals surface area contributed by atoms with Crippen molar-refractivity contribution in [3.63, 3.8) is 0 Å². The number of hydrogen-bond donors (Lipinski definition) is 0. The van der Waals surface area contributed by atoms with E-state index >= 15 is 0 Å². The molecule has 2 atom stereocenters. The van der Waals surface area contributed by atoms with Gasteiger partial charge >= 0.3 is 0 Å². The molecule has 1 radical (unpaired) electrons. The molecule has 0 bridgehead atoms. The van der Waals surface area contributed by atoms with Crippen molar-refractivity contribution in [2.75, 3.05) is 0 Å². The van der Waals surface area contributed by atoms with Gasteiger partial charge in [0.2, 0.25) is 0 Å². The summed E-state index contributed by atoms with van der Waals surface area (Å²) in [6.07, 6.45) is 9.11. The predicted molar refractivity (Wildman–Crippen MR) is 85.3 cm³/mol. The molecule has 2 aliphatic carbocycles. The summed E-state index contributed by atoms with van der Waals surface area (Å²) in [4.78, 5) is 0. The number of hydrogen-bond acceptors (Lipinski definition) is 0. The molecular weight excluding hydrogens is 240 g/mol. The molecule has 0 heterocycles. The molecule has 0 saturated heterocycles.